The van der Waals surface area contributed by atoms with Crippen molar-refractivity contribution in [3.63, 3.8) is 0 Å². The SMILES string of the molecule is CN(Cc1ccc(Br)cc1)C(=O)c1cc(Br)ccc1I. The smallest absolute Gasteiger partial charge is 0.255 e. The maximum absolute atomic E-state index is 12.5. The van der Waals surface area contributed by atoms with E-state index in [9.17, 15) is 4.79 Å². The van der Waals surface area contributed by atoms with Crippen LogP contribution >= 0.6 is 54.5 Å². The number of halogens is 3. The van der Waals surface area contributed by atoms with E-state index in [0.717, 1.165) is 23.6 Å². The zero-order chi connectivity index (χ0) is 14.7. The fraction of sp³-hybridized carbons (Fsp3) is 0.133. The zero-order valence-electron chi connectivity index (χ0n) is 10.7. The molecule has 0 atom stereocenters. The highest BCUT2D eigenvalue weighted by Gasteiger charge is 2.15. The highest BCUT2D eigenvalue weighted by Crippen LogP contribution is 2.20. The Bertz CT molecular complexity index is 628. The molecule has 0 unspecified atom stereocenters. The molecule has 0 fully saturated rings. The number of benzene rings is 2. The average Bonchev–Trinajstić information content (AvgIpc) is 2.43. The number of carbonyl (C=O) groups is 1. The van der Waals surface area contributed by atoms with Gasteiger partial charge in [-0.25, -0.2) is 0 Å². The van der Waals surface area contributed by atoms with Crippen molar-refractivity contribution >= 4 is 60.4 Å². The number of nitrogens with zero attached hydrogens (tertiary/aromatic N) is 1. The molecule has 2 nitrogen and oxygen atoms in total. The van der Waals surface area contributed by atoms with Gasteiger partial charge in [0.2, 0.25) is 0 Å². The first-order valence-corrected chi connectivity index (χ1v) is 8.59. The van der Waals surface area contributed by atoms with Crippen LogP contribution in [0.3, 0.4) is 0 Å². The van der Waals surface area contributed by atoms with Gasteiger partial charge in [-0.1, -0.05) is 44.0 Å². The standard InChI is InChI=1S/C15H12Br2INO/c1-19(9-10-2-4-11(16)5-3-10)15(20)13-8-12(17)6-7-14(13)18/h2-8H,9H2,1H3. The van der Waals surface area contributed by atoms with E-state index in [2.05, 4.69) is 54.5 Å². The molecule has 5 heteroatoms. The molecule has 0 bridgehead atoms. The molecule has 0 aliphatic rings. The van der Waals surface area contributed by atoms with Gasteiger partial charge in [0, 0.05) is 26.1 Å². The summed E-state index contributed by atoms with van der Waals surface area (Å²) in [6.45, 7) is 0.592. The Morgan fingerprint density at radius 1 is 1.10 bits per heavy atom. The number of hydrogen-bond donors (Lipinski definition) is 0. The highest BCUT2D eigenvalue weighted by atomic mass is 127. The van der Waals surface area contributed by atoms with Crippen LogP contribution < -0.4 is 0 Å². The van der Waals surface area contributed by atoms with Crippen molar-refractivity contribution in [3.8, 4) is 0 Å². The summed E-state index contributed by atoms with van der Waals surface area (Å²) in [6, 6.07) is 13.7. The summed E-state index contributed by atoms with van der Waals surface area (Å²) in [7, 11) is 1.82. The van der Waals surface area contributed by atoms with E-state index < -0.39 is 0 Å². The molecular weight excluding hydrogens is 497 g/mol. The van der Waals surface area contributed by atoms with Crippen molar-refractivity contribution in [1.29, 1.82) is 0 Å². The third-order valence-electron chi connectivity index (χ3n) is 2.84. The second-order valence-electron chi connectivity index (χ2n) is 4.41. The van der Waals surface area contributed by atoms with Crippen LogP contribution in [-0.4, -0.2) is 17.9 Å². The van der Waals surface area contributed by atoms with E-state index in [-0.39, 0.29) is 5.91 Å². The topological polar surface area (TPSA) is 20.3 Å². The Hall–Kier alpha value is -0.400. The van der Waals surface area contributed by atoms with E-state index in [1.54, 1.807) is 4.90 Å². The number of rotatable bonds is 3. The van der Waals surface area contributed by atoms with Crippen LogP contribution in [0.4, 0.5) is 0 Å². The molecule has 0 saturated heterocycles. The van der Waals surface area contributed by atoms with Gasteiger partial charge in [0.1, 0.15) is 0 Å². The Labute approximate surface area is 149 Å². The molecule has 0 N–H and O–H groups in total. The molecule has 0 aromatic heterocycles. The molecule has 104 valence electrons. The first-order valence-electron chi connectivity index (χ1n) is 5.92. The third kappa shape index (κ3) is 4.05. The van der Waals surface area contributed by atoms with Crippen molar-refractivity contribution in [3.05, 3.63) is 66.1 Å². The largest absolute Gasteiger partial charge is 0.337 e. The van der Waals surface area contributed by atoms with Gasteiger partial charge in [0.15, 0.2) is 0 Å². The molecule has 1 amide bonds. The van der Waals surface area contributed by atoms with Crippen LogP contribution in [0.5, 0.6) is 0 Å². The fourth-order valence-corrected chi connectivity index (χ4v) is 2.99. The van der Waals surface area contributed by atoms with E-state index in [4.69, 9.17) is 0 Å². The Kier molecular flexibility index (Phi) is 5.63. The highest BCUT2D eigenvalue weighted by molar-refractivity contribution is 14.1. The van der Waals surface area contributed by atoms with E-state index in [1.165, 1.54) is 0 Å². The van der Waals surface area contributed by atoms with Gasteiger partial charge >= 0.3 is 0 Å². The summed E-state index contributed by atoms with van der Waals surface area (Å²) < 4.78 is 2.91. The minimum Gasteiger partial charge on any atom is -0.337 e. The molecule has 20 heavy (non-hydrogen) atoms. The van der Waals surface area contributed by atoms with Crippen molar-refractivity contribution in [2.75, 3.05) is 7.05 Å². The molecule has 0 aliphatic heterocycles. The molecule has 2 aromatic carbocycles. The summed E-state index contributed by atoms with van der Waals surface area (Å²) in [5, 5.41) is 0. The summed E-state index contributed by atoms with van der Waals surface area (Å²) in [6.07, 6.45) is 0. The predicted octanol–water partition coefficient (Wildman–Crippen LogP) is 5.09. The van der Waals surface area contributed by atoms with Crippen molar-refractivity contribution in [1.82, 2.24) is 4.90 Å². The van der Waals surface area contributed by atoms with E-state index in [1.807, 2.05) is 49.5 Å². The van der Waals surface area contributed by atoms with Crippen molar-refractivity contribution < 1.29 is 4.79 Å². The lowest BCUT2D eigenvalue weighted by Crippen LogP contribution is -2.26. The van der Waals surface area contributed by atoms with Gasteiger partial charge in [0.25, 0.3) is 5.91 Å². The predicted molar refractivity (Wildman–Crippen MR) is 96.8 cm³/mol. The molecule has 0 saturated carbocycles. The van der Waals surface area contributed by atoms with Gasteiger partial charge in [0.05, 0.1) is 5.56 Å². The van der Waals surface area contributed by atoms with Gasteiger partial charge in [-0.2, -0.15) is 0 Å². The Morgan fingerprint density at radius 3 is 2.35 bits per heavy atom. The third-order valence-corrected chi connectivity index (χ3v) is 4.80. The second kappa shape index (κ2) is 7.04. The Morgan fingerprint density at radius 2 is 1.70 bits per heavy atom. The zero-order valence-corrected chi connectivity index (χ0v) is 16.1. The van der Waals surface area contributed by atoms with Crippen LogP contribution in [0.1, 0.15) is 15.9 Å². The van der Waals surface area contributed by atoms with Gasteiger partial charge in [-0.15, -0.1) is 0 Å². The maximum Gasteiger partial charge on any atom is 0.255 e. The lowest BCUT2D eigenvalue weighted by atomic mass is 10.1. The maximum atomic E-state index is 12.5. The van der Waals surface area contributed by atoms with Crippen LogP contribution in [0.15, 0.2) is 51.4 Å². The van der Waals surface area contributed by atoms with Crippen LogP contribution in [0, 0.1) is 3.57 Å². The Balaban J connectivity index is 2.16. The molecule has 0 radical (unpaired) electrons. The van der Waals surface area contributed by atoms with Crippen molar-refractivity contribution in [2.45, 2.75) is 6.54 Å². The minimum atomic E-state index is 0.0265. The molecular formula is C15H12Br2INO. The number of amides is 1. The molecule has 0 heterocycles. The lowest BCUT2D eigenvalue weighted by Gasteiger charge is -2.18. The van der Waals surface area contributed by atoms with E-state index in [0.29, 0.717) is 6.54 Å². The average molecular weight is 509 g/mol. The van der Waals surface area contributed by atoms with Crippen LogP contribution in [-0.2, 0) is 6.54 Å². The number of carbonyl (C=O) groups excluding carboxylic acids is 1. The first-order chi connectivity index (χ1) is 9.47. The summed E-state index contributed by atoms with van der Waals surface area (Å²) in [5.74, 6) is 0.0265. The van der Waals surface area contributed by atoms with E-state index >= 15 is 0 Å². The van der Waals surface area contributed by atoms with Gasteiger partial charge < -0.3 is 4.90 Å². The normalized spacial score (nSPS) is 10.4. The minimum absolute atomic E-state index is 0.0265. The van der Waals surface area contributed by atoms with Crippen LogP contribution in [0.2, 0.25) is 0 Å². The quantitative estimate of drug-likeness (QED) is 0.529. The monoisotopic (exact) mass is 507 g/mol. The lowest BCUT2D eigenvalue weighted by molar-refractivity contribution is 0.0784. The second-order valence-corrected chi connectivity index (χ2v) is 7.41. The van der Waals surface area contributed by atoms with Crippen molar-refractivity contribution in [2.24, 2.45) is 0 Å². The summed E-state index contributed by atoms with van der Waals surface area (Å²) in [5.41, 5.74) is 1.83. The molecule has 2 rings (SSSR count). The first kappa shape index (κ1) is 16.0. The van der Waals surface area contributed by atoms with Gasteiger partial charge in [-0.3, -0.25) is 4.79 Å². The van der Waals surface area contributed by atoms with Crippen LogP contribution in [0.25, 0.3) is 0 Å². The summed E-state index contributed by atoms with van der Waals surface area (Å²) in [4.78, 5) is 14.2. The number of hydrogen-bond acceptors (Lipinski definition) is 1. The van der Waals surface area contributed by atoms with Gasteiger partial charge in [-0.05, 0) is 58.5 Å². The summed E-state index contributed by atoms with van der Waals surface area (Å²) >= 11 is 9.00. The molecule has 0 spiro atoms. The fourth-order valence-electron chi connectivity index (χ4n) is 1.80. The molecule has 2 aromatic rings. The molecule has 0 aliphatic carbocycles.